The van der Waals surface area contributed by atoms with Gasteiger partial charge in [0.2, 0.25) is 0 Å². The summed E-state index contributed by atoms with van der Waals surface area (Å²) in [5, 5.41) is 3.26. The lowest BCUT2D eigenvalue weighted by Crippen LogP contribution is -2.46. The van der Waals surface area contributed by atoms with Crippen LogP contribution in [-0.2, 0) is 0 Å². The third-order valence-electron chi connectivity index (χ3n) is 3.47. The predicted octanol–water partition coefficient (Wildman–Crippen LogP) is 2.53. The fourth-order valence-electron chi connectivity index (χ4n) is 2.31. The van der Waals surface area contributed by atoms with Gasteiger partial charge in [0.05, 0.1) is 0 Å². The van der Waals surface area contributed by atoms with E-state index in [9.17, 15) is 13.6 Å². The van der Waals surface area contributed by atoms with Crippen LogP contribution in [-0.4, -0.2) is 43.6 Å². The van der Waals surface area contributed by atoms with Crippen molar-refractivity contribution in [3.8, 4) is 5.75 Å². The number of hydrogen-bond donors (Lipinski definition) is 1. The van der Waals surface area contributed by atoms with E-state index in [1.165, 1.54) is 24.3 Å². The van der Waals surface area contributed by atoms with Crippen LogP contribution in [0.25, 0.3) is 0 Å². The van der Waals surface area contributed by atoms with Gasteiger partial charge in [-0.05, 0) is 43.7 Å². The molecule has 1 aromatic carbocycles. The van der Waals surface area contributed by atoms with Crippen molar-refractivity contribution < 1.29 is 18.3 Å². The summed E-state index contributed by atoms with van der Waals surface area (Å²) in [6.07, 6.45) is 2.02. The van der Waals surface area contributed by atoms with Crippen molar-refractivity contribution >= 4 is 18.3 Å². The molecule has 0 spiro atoms. The molecule has 1 aliphatic rings. The van der Waals surface area contributed by atoms with Gasteiger partial charge in [0.15, 0.2) is 0 Å². The number of carbonyl (C=O) groups is 1. The minimum absolute atomic E-state index is 0. The Labute approximate surface area is 128 Å². The first kappa shape index (κ1) is 17.7. The number of piperidine rings is 1. The Balaban J connectivity index is 0.00000220. The summed E-state index contributed by atoms with van der Waals surface area (Å²) >= 11 is 0. The molecule has 0 radical (unpaired) electrons. The fourth-order valence-corrected chi connectivity index (χ4v) is 2.31. The molecule has 0 bridgehead atoms. The van der Waals surface area contributed by atoms with Crippen LogP contribution in [0.4, 0.5) is 8.78 Å². The summed E-state index contributed by atoms with van der Waals surface area (Å²) in [7, 11) is 1.77. The Hall–Kier alpha value is -1.40. The van der Waals surface area contributed by atoms with Crippen molar-refractivity contribution in [2.45, 2.75) is 25.5 Å². The van der Waals surface area contributed by atoms with Gasteiger partial charge in [-0.25, -0.2) is 0 Å². The molecule has 0 aromatic heterocycles. The molecular weight excluding hydrogens is 302 g/mol. The largest absolute Gasteiger partial charge is 0.435 e. The van der Waals surface area contributed by atoms with Crippen molar-refractivity contribution in [1.29, 1.82) is 0 Å². The Morgan fingerprint density at radius 2 is 2.05 bits per heavy atom. The second-order valence-corrected chi connectivity index (χ2v) is 4.82. The molecule has 1 amide bonds. The number of likely N-dealkylation sites (N-methyl/N-ethyl adjacent to an activating group) is 1. The number of hydrogen-bond acceptors (Lipinski definition) is 3. The summed E-state index contributed by atoms with van der Waals surface area (Å²) in [5.74, 6) is -0.0548. The maximum absolute atomic E-state index is 12.3. The summed E-state index contributed by atoms with van der Waals surface area (Å²) < 4.78 is 28.4. The average Bonchev–Trinajstić information content (AvgIpc) is 2.47. The SMILES string of the molecule is CN(C(=O)c1ccc(OC(F)F)cc1)[C@@H]1CCCNC1.Cl. The molecule has 7 heteroatoms. The molecule has 1 saturated heterocycles. The van der Waals surface area contributed by atoms with E-state index in [-0.39, 0.29) is 30.1 Å². The highest BCUT2D eigenvalue weighted by molar-refractivity contribution is 5.94. The number of nitrogens with zero attached hydrogens (tertiary/aromatic N) is 1. The van der Waals surface area contributed by atoms with Crippen LogP contribution >= 0.6 is 12.4 Å². The van der Waals surface area contributed by atoms with Crippen molar-refractivity contribution in [2.24, 2.45) is 0 Å². The second-order valence-electron chi connectivity index (χ2n) is 4.82. The maximum atomic E-state index is 12.3. The van der Waals surface area contributed by atoms with Crippen LogP contribution < -0.4 is 10.1 Å². The molecule has 1 N–H and O–H groups in total. The third-order valence-corrected chi connectivity index (χ3v) is 3.47. The number of amides is 1. The molecule has 1 heterocycles. The maximum Gasteiger partial charge on any atom is 0.387 e. The average molecular weight is 321 g/mol. The number of nitrogens with one attached hydrogen (secondary N) is 1. The molecular formula is C14H19ClF2N2O2. The molecule has 21 heavy (non-hydrogen) atoms. The molecule has 4 nitrogen and oxygen atoms in total. The topological polar surface area (TPSA) is 41.6 Å². The highest BCUT2D eigenvalue weighted by Gasteiger charge is 2.22. The van der Waals surface area contributed by atoms with Crippen LogP contribution in [0.2, 0.25) is 0 Å². The van der Waals surface area contributed by atoms with E-state index in [0.717, 1.165) is 25.9 Å². The number of alkyl halides is 2. The van der Waals surface area contributed by atoms with Gasteiger partial charge in [-0.1, -0.05) is 0 Å². The zero-order chi connectivity index (χ0) is 14.5. The first-order chi connectivity index (χ1) is 9.58. The predicted molar refractivity (Wildman–Crippen MR) is 78.3 cm³/mol. The van der Waals surface area contributed by atoms with Crippen LogP contribution in [0.15, 0.2) is 24.3 Å². The molecule has 1 aromatic rings. The summed E-state index contributed by atoms with van der Waals surface area (Å²) in [5.41, 5.74) is 0.472. The quantitative estimate of drug-likeness (QED) is 0.927. The normalized spacial score (nSPS) is 18.0. The standard InChI is InChI=1S/C14H18F2N2O2.ClH/c1-18(11-3-2-8-17-9-11)13(19)10-4-6-12(7-5-10)20-14(15)16;/h4-7,11,14,17H,2-3,8-9H2,1H3;1H/t11-;/m1./s1. The van der Waals surface area contributed by atoms with Gasteiger partial charge in [-0.3, -0.25) is 4.79 Å². The van der Waals surface area contributed by atoms with Gasteiger partial charge in [0.1, 0.15) is 5.75 Å². The van der Waals surface area contributed by atoms with Crippen LogP contribution in [0.3, 0.4) is 0 Å². The molecule has 1 atom stereocenters. The van der Waals surface area contributed by atoms with Crippen LogP contribution in [0, 0.1) is 0 Å². The Morgan fingerprint density at radius 3 is 2.57 bits per heavy atom. The smallest absolute Gasteiger partial charge is 0.387 e. The number of ether oxygens (including phenoxy) is 1. The van der Waals surface area contributed by atoms with E-state index in [1.807, 2.05) is 0 Å². The van der Waals surface area contributed by atoms with Crippen LogP contribution in [0.5, 0.6) is 5.75 Å². The zero-order valence-corrected chi connectivity index (χ0v) is 12.5. The van der Waals surface area contributed by atoms with Crippen molar-refractivity contribution in [1.82, 2.24) is 10.2 Å². The lowest BCUT2D eigenvalue weighted by atomic mass is 10.1. The highest BCUT2D eigenvalue weighted by Crippen LogP contribution is 2.17. The number of carbonyl (C=O) groups excluding carboxylic acids is 1. The molecule has 2 rings (SSSR count). The second kappa shape index (κ2) is 8.14. The van der Waals surface area contributed by atoms with Gasteiger partial charge in [-0.15, -0.1) is 12.4 Å². The number of rotatable bonds is 4. The third kappa shape index (κ3) is 4.82. The minimum atomic E-state index is -2.85. The Bertz CT molecular complexity index is 451. The number of halogens is 3. The van der Waals surface area contributed by atoms with Crippen molar-refractivity contribution in [3.63, 3.8) is 0 Å². The fraction of sp³-hybridized carbons (Fsp3) is 0.500. The van der Waals surface area contributed by atoms with E-state index in [4.69, 9.17) is 0 Å². The summed E-state index contributed by atoms with van der Waals surface area (Å²) in [6.45, 7) is -1.08. The first-order valence-electron chi connectivity index (χ1n) is 6.60. The van der Waals surface area contributed by atoms with Gasteiger partial charge in [-0.2, -0.15) is 8.78 Å². The molecule has 118 valence electrons. The first-order valence-corrected chi connectivity index (χ1v) is 6.60. The Kier molecular flexibility index (Phi) is 6.84. The highest BCUT2D eigenvalue weighted by atomic mass is 35.5. The van der Waals surface area contributed by atoms with Crippen molar-refractivity contribution in [3.05, 3.63) is 29.8 Å². The molecule has 0 aliphatic carbocycles. The summed E-state index contributed by atoms with van der Waals surface area (Å²) in [6, 6.07) is 5.95. The minimum Gasteiger partial charge on any atom is -0.435 e. The van der Waals surface area contributed by atoms with Crippen molar-refractivity contribution in [2.75, 3.05) is 20.1 Å². The van der Waals surface area contributed by atoms with E-state index < -0.39 is 6.61 Å². The Morgan fingerprint density at radius 1 is 1.38 bits per heavy atom. The molecule has 1 fully saturated rings. The van der Waals surface area contributed by atoms with E-state index in [2.05, 4.69) is 10.1 Å². The lowest BCUT2D eigenvalue weighted by Gasteiger charge is -2.31. The summed E-state index contributed by atoms with van der Waals surface area (Å²) in [4.78, 5) is 14.0. The van der Waals surface area contributed by atoms with E-state index >= 15 is 0 Å². The molecule has 1 aliphatic heterocycles. The molecule has 0 saturated carbocycles. The number of benzene rings is 1. The zero-order valence-electron chi connectivity index (χ0n) is 11.7. The van der Waals surface area contributed by atoms with Crippen LogP contribution in [0.1, 0.15) is 23.2 Å². The van der Waals surface area contributed by atoms with E-state index in [1.54, 1.807) is 11.9 Å². The molecule has 0 unspecified atom stereocenters. The monoisotopic (exact) mass is 320 g/mol. The van der Waals surface area contributed by atoms with Gasteiger partial charge < -0.3 is 15.0 Å². The van der Waals surface area contributed by atoms with Gasteiger partial charge >= 0.3 is 6.61 Å². The van der Waals surface area contributed by atoms with E-state index in [0.29, 0.717) is 5.56 Å². The van der Waals surface area contributed by atoms with Gasteiger partial charge in [0.25, 0.3) is 5.91 Å². The lowest BCUT2D eigenvalue weighted by molar-refractivity contribution is -0.0498. The van der Waals surface area contributed by atoms with Gasteiger partial charge in [0, 0.05) is 25.2 Å².